The van der Waals surface area contributed by atoms with Crippen LogP contribution in [-0.2, 0) is 13.2 Å². The van der Waals surface area contributed by atoms with E-state index in [0.717, 1.165) is 21.3 Å². The fourth-order valence-corrected chi connectivity index (χ4v) is 2.86. The van der Waals surface area contributed by atoms with Crippen molar-refractivity contribution in [1.29, 1.82) is 0 Å². The predicted molar refractivity (Wildman–Crippen MR) is 106 cm³/mol. The van der Waals surface area contributed by atoms with Crippen LogP contribution in [0.25, 0.3) is 0 Å². The molecule has 0 fully saturated rings. The highest BCUT2D eigenvalue weighted by Crippen LogP contribution is 2.24. The molecule has 3 rings (SSSR count). The highest BCUT2D eigenvalue weighted by Gasteiger charge is 2.06. The fourth-order valence-electron chi connectivity index (χ4n) is 2.45. The van der Waals surface area contributed by atoms with E-state index in [-0.39, 0.29) is 5.82 Å². The predicted octanol–water partition coefficient (Wildman–Crippen LogP) is 4.73. The summed E-state index contributed by atoms with van der Waals surface area (Å²) in [5.74, 6) is 1.16. The van der Waals surface area contributed by atoms with Gasteiger partial charge in [0.1, 0.15) is 24.8 Å². The number of hydrogen-bond acceptors (Lipinski definition) is 4. The van der Waals surface area contributed by atoms with Gasteiger partial charge in [-0.2, -0.15) is 0 Å². The molecule has 0 radical (unpaired) electrons. The third-order valence-corrected chi connectivity index (χ3v) is 4.31. The third kappa shape index (κ3) is 6.34. The van der Waals surface area contributed by atoms with Crippen LogP contribution in [0.15, 0.2) is 71.3 Å². The average Bonchev–Trinajstić information content (AvgIpc) is 2.69. The molecule has 4 nitrogen and oxygen atoms in total. The number of aromatic nitrogens is 1. The average molecular weight is 431 g/mol. The molecule has 1 heterocycles. The van der Waals surface area contributed by atoms with Crippen molar-refractivity contribution in [1.82, 2.24) is 10.3 Å². The second-order valence-corrected chi connectivity index (χ2v) is 6.78. The van der Waals surface area contributed by atoms with E-state index in [4.69, 9.17) is 9.47 Å². The van der Waals surface area contributed by atoms with E-state index in [1.807, 2.05) is 36.4 Å². The van der Waals surface area contributed by atoms with Gasteiger partial charge in [-0.05, 0) is 42.0 Å². The zero-order chi connectivity index (χ0) is 18.9. The first-order valence-corrected chi connectivity index (χ1v) is 9.40. The lowest BCUT2D eigenvalue weighted by Gasteiger charge is -2.13. The van der Waals surface area contributed by atoms with Crippen molar-refractivity contribution < 1.29 is 13.9 Å². The van der Waals surface area contributed by atoms with Gasteiger partial charge in [-0.25, -0.2) is 9.37 Å². The van der Waals surface area contributed by atoms with Crippen molar-refractivity contribution in [2.75, 3.05) is 13.2 Å². The molecule has 1 N–H and O–H groups in total. The van der Waals surface area contributed by atoms with Gasteiger partial charge in [0.2, 0.25) is 5.88 Å². The molecule has 0 spiro atoms. The summed E-state index contributed by atoms with van der Waals surface area (Å²) >= 11 is 3.50. The molecule has 0 bridgehead atoms. The second kappa shape index (κ2) is 10.0. The van der Waals surface area contributed by atoms with E-state index in [1.54, 1.807) is 18.3 Å². The Hall–Kier alpha value is -2.44. The van der Waals surface area contributed by atoms with Gasteiger partial charge in [0.25, 0.3) is 0 Å². The van der Waals surface area contributed by atoms with Crippen LogP contribution in [0.2, 0.25) is 0 Å². The molecule has 140 valence electrons. The maximum absolute atomic E-state index is 13.0. The molecule has 1 aromatic heterocycles. The molecule has 27 heavy (non-hydrogen) atoms. The van der Waals surface area contributed by atoms with E-state index in [9.17, 15) is 4.39 Å². The van der Waals surface area contributed by atoms with Gasteiger partial charge in [0.15, 0.2) is 0 Å². The van der Waals surface area contributed by atoms with Crippen LogP contribution in [0, 0.1) is 5.82 Å². The molecule has 0 saturated carbocycles. The smallest absolute Gasteiger partial charge is 0.213 e. The minimum Gasteiger partial charge on any atom is -0.489 e. The molecule has 0 aliphatic rings. The lowest BCUT2D eigenvalue weighted by atomic mass is 10.2. The standard InChI is InChI=1S/C21H20BrFN2O2/c22-18-6-9-20(27-15-16-4-7-19(23)8-5-16)17(13-18)14-24-11-12-26-21-3-1-2-10-25-21/h1-10,13,24H,11-12,14-15H2. The van der Waals surface area contributed by atoms with Crippen LogP contribution in [0.3, 0.4) is 0 Å². The Kier molecular flexibility index (Phi) is 7.19. The first-order chi connectivity index (χ1) is 13.2. The van der Waals surface area contributed by atoms with Gasteiger partial charge in [-0.1, -0.05) is 34.1 Å². The van der Waals surface area contributed by atoms with Gasteiger partial charge >= 0.3 is 0 Å². The summed E-state index contributed by atoms with van der Waals surface area (Å²) in [4.78, 5) is 4.12. The molecule has 3 aromatic rings. The maximum atomic E-state index is 13.0. The number of hydrogen-bond donors (Lipinski definition) is 1. The first kappa shape index (κ1) is 19.3. The molecule has 0 saturated heterocycles. The third-order valence-electron chi connectivity index (χ3n) is 3.81. The topological polar surface area (TPSA) is 43.4 Å². The Bertz CT molecular complexity index is 845. The summed E-state index contributed by atoms with van der Waals surface area (Å²) < 4.78 is 25.5. The lowest BCUT2D eigenvalue weighted by Crippen LogP contribution is -2.21. The first-order valence-electron chi connectivity index (χ1n) is 8.61. The van der Waals surface area contributed by atoms with Crippen molar-refractivity contribution in [3.05, 3.63) is 88.3 Å². The van der Waals surface area contributed by atoms with E-state index >= 15 is 0 Å². The van der Waals surface area contributed by atoms with Gasteiger partial charge in [-0.15, -0.1) is 0 Å². The molecule has 0 aliphatic heterocycles. The monoisotopic (exact) mass is 430 g/mol. The Morgan fingerprint density at radius 1 is 1.00 bits per heavy atom. The molecule has 0 unspecified atom stereocenters. The van der Waals surface area contributed by atoms with Crippen LogP contribution in [0.5, 0.6) is 11.6 Å². The SMILES string of the molecule is Fc1ccc(COc2ccc(Br)cc2CNCCOc2ccccn2)cc1. The number of nitrogens with one attached hydrogen (secondary N) is 1. The van der Waals surface area contributed by atoms with Crippen molar-refractivity contribution in [3.8, 4) is 11.6 Å². The molecule has 2 aromatic carbocycles. The van der Waals surface area contributed by atoms with Crippen molar-refractivity contribution in [3.63, 3.8) is 0 Å². The summed E-state index contributed by atoms with van der Waals surface area (Å²) in [6.07, 6.45) is 1.70. The van der Waals surface area contributed by atoms with Crippen LogP contribution >= 0.6 is 15.9 Å². The van der Waals surface area contributed by atoms with Crippen LogP contribution < -0.4 is 14.8 Å². The second-order valence-electron chi connectivity index (χ2n) is 5.86. The van der Waals surface area contributed by atoms with E-state index in [0.29, 0.717) is 32.2 Å². The van der Waals surface area contributed by atoms with Gasteiger partial charge in [-0.3, -0.25) is 0 Å². The molecular weight excluding hydrogens is 411 g/mol. The van der Waals surface area contributed by atoms with Crippen molar-refractivity contribution in [2.45, 2.75) is 13.2 Å². The summed E-state index contributed by atoms with van der Waals surface area (Å²) in [5, 5.41) is 3.34. The lowest BCUT2D eigenvalue weighted by molar-refractivity contribution is 0.294. The minimum atomic E-state index is -0.250. The minimum absolute atomic E-state index is 0.250. The van der Waals surface area contributed by atoms with E-state index in [1.165, 1.54) is 12.1 Å². The van der Waals surface area contributed by atoms with Crippen LogP contribution in [-0.4, -0.2) is 18.1 Å². The maximum Gasteiger partial charge on any atom is 0.213 e. The van der Waals surface area contributed by atoms with E-state index < -0.39 is 0 Å². The number of halogens is 2. The highest BCUT2D eigenvalue weighted by molar-refractivity contribution is 9.10. The molecule has 6 heteroatoms. The Morgan fingerprint density at radius 3 is 2.63 bits per heavy atom. The largest absolute Gasteiger partial charge is 0.489 e. The summed E-state index contributed by atoms with van der Waals surface area (Å²) in [5.41, 5.74) is 1.95. The molecule has 0 atom stereocenters. The Balaban J connectivity index is 1.50. The number of ether oxygens (including phenoxy) is 2. The Labute approximate surface area is 166 Å². The number of rotatable bonds is 9. The molecule has 0 aliphatic carbocycles. The number of pyridine rings is 1. The molecular formula is C21H20BrFN2O2. The number of nitrogens with zero attached hydrogens (tertiary/aromatic N) is 1. The van der Waals surface area contributed by atoms with Gasteiger partial charge in [0, 0.05) is 35.4 Å². The molecule has 0 amide bonds. The summed E-state index contributed by atoms with van der Waals surface area (Å²) in [6, 6.07) is 17.8. The zero-order valence-electron chi connectivity index (χ0n) is 14.7. The normalized spacial score (nSPS) is 10.6. The van der Waals surface area contributed by atoms with Crippen LogP contribution in [0.1, 0.15) is 11.1 Å². The van der Waals surface area contributed by atoms with Crippen molar-refractivity contribution in [2.24, 2.45) is 0 Å². The van der Waals surface area contributed by atoms with E-state index in [2.05, 4.69) is 26.2 Å². The zero-order valence-corrected chi connectivity index (χ0v) is 16.3. The van der Waals surface area contributed by atoms with Gasteiger partial charge in [0.05, 0.1) is 0 Å². The summed E-state index contributed by atoms with van der Waals surface area (Å²) in [6.45, 7) is 2.23. The van der Waals surface area contributed by atoms with Crippen molar-refractivity contribution >= 4 is 15.9 Å². The fraction of sp³-hybridized carbons (Fsp3) is 0.190. The quantitative estimate of drug-likeness (QED) is 0.498. The number of benzene rings is 2. The van der Waals surface area contributed by atoms with Crippen LogP contribution in [0.4, 0.5) is 4.39 Å². The highest BCUT2D eigenvalue weighted by atomic mass is 79.9. The van der Waals surface area contributed by atoms with Gasteiger partial charge < -0.3 is 14.8 Å². The summed E-state index contributed by atoms with van der Waals surface area (Å²) in [7, 11) is 0. The Morgan fingerprint density at radius 2 is 1.85 bits per heavy atom.